The summed E-state index contributed by atoms with van der Waals surface area (Å²) in [6.45, 7) is 1.92. The van der Waals surface area contributed by atoms with Crippen LogP contribution in [0.25, 0.3) is 0 Å². The Balaban J connectivity index is 2.01. The van der Waals surface area contributed by atoms with E-state index >= 15 is 0 Å². The first-order valence-corrected chi connectivity index (χ1v) is 6.24. The average molecular weight is 298 g/mol. The number of nitrogens with one attached hydrogen (secondary N) is 1. The van der Waals surface area contributed by atoms with Gasteiger partial charge in [-0.1, -0.05) is 17.3 Å². The van der Waals surface area contributed by atoms with Gasteiger partial charge in [0.15, 0.2) is 0 Å². The number of carbonyl (C=O) groups excluding carboxylic acids is 1. The first kappa shape index (κ1) is 15.1. The molecule has 4 nitrogen and oxygen atoms in total. The van der Waals surface area contributed by atoms with E-state index in [1.165, 1.54) is 12.1 Å². The number of hydrogen-bond acceptors (Lipinski definition) is 3. The highest BCUT2D eigenvalue weighted by Gasteiger charge is 2.34. The number of benzene rings is 1. The van der Waals surface area contributed by atoms with Gasteiger partial charge in [0, 0.05) is 19.0 Å². The molecule has 0 atom stereocenters. The van der Waals surface area contributed by atoms with Crippen molar-refractivity contribution in [1.82, 2.24) is 10.5 Å². The normalized spacial score (nSPS) is 11.4. The molecular weight excluding hydrogens is 285 g/mol. The Morgan fingerprint density at radius 3 is 2.67 bits per heavy atom. The predicted octanol–water partition coefficient (Wildman–Crippen LogP) is 2.97. The fourth-order valence-electron chi connectivity index (χ4n) is 1.86. The number of nitrogens with zero attached hydrogens (tertiary/aromatic N) is 1. The van der Waals surface area contributed by atoms with Crippen LogP contribution < -0.4 is 5.32 Å². The lowest BCUT2D eigenvalue weighted by Gasteiger charge is -2.12. The van der Waals surface area contributed by atoms with Gasteiger partial charge >= 0.3 is 6.18 Å². The van der Waals surface area contributed by atoms with Gasteiger partial charge in [-0.25, -0.2) is 0 Å². The topological polar surface area (TPSA) is 55.1 Å². The smallest absolute Gasteiger partial charge is 0.361 e. The van der Waals surface area contributed by atoms with Crippen molar-refractivity contribution in [3.8, 4) is 0 Å². The maximum Gasteiger partial charge on any atom is 0.417 e. The highest BCUT2D eigenvalue weighted by Crippen LogP contribution is 2.31. The van der Waals surface area contributed by atoms with Gasteiger partial charge in [0.2, 0.25) is 0 Å². The van der Waals surface area contributed by atoms with E-state index < -0.39 is 23.2 Å². The second kappa shape index (κ2) is 5.99. The molecule has 0 radical (unpaired) electrons. The van der Waals surface area contributed by atoms with E-state index in [-0.39, 0.29) is 6.54 Å². The van der Waals surface area contributed by atoms with Crippen LogP contribution in [-0.2, 0) is 12.6 Å². The number of rotatable bonds is 4. The zero-order chi connectivity index (χ0) is 15.5. The van der Waals surface area contributed by atoms with Crippen molar-refractivity contribution in [1.29, 1.82) is 0 Å². The van der Waals surface area contributed by atoms with Crippen LogP contribution >= 0.6 is 0 Å². The number of aromatic nitrogens is 1. The Labute approximate surface area is 118 Å². The molecule has 0 unspecified atom stereocenters. The molecule has 21 heavy (non-hydrogen) atoms. The second-order valence-corrected chi connectivity index (χ2v) is 4.48. The molecule has 112 valence electrons. The van der Waals surface area contributed by atoms with Crippen molar-refractivity contribution >= 4 is 5.91 Å². The summed E-state index contributed by atoms with van der Waals surface area (Å²) in [5.74, 6) is -0.198. The van der Waals surface area contributed by atoms with E-state index in [9.17, 15) is 18.0 Å². The highest BCUT2D eigenvalue weighted by atomic mass is 19.4. The minimum atomic E-state index is -4.56. The van der Waals surface area contributed by atoms with Gasteiger partial charge in [-0.05, 0) is 19.1 Å². The fraction of sp³-hybridized carbons (Fsp3) is 0.286. The summed E-state index contributed by atoms with van der Waals surface area (Å²) in [6.07, 6.45) is -4.20. The molecule has 2 aromatic rings. The van der Waals surface area contributed by atoms with Crippen LogP contribution in [0.1, 0.15) is 27.4 Å². The van der Waals surface area contributed by atoms with Gasteiger partial charge in [0.25, 0.3) is 5.91 Å². The third-order valence-corrected chi connectivity index (χ3v) is 2.81. The standard InChI is InChI=1S/C14H13F3N2O2/c1-9-8-10(21-19-9)6-7-18-13(20)11-4-2-3-5-12(11)14(15,16)17/h2-5,8H,6-7H2,1H3,(H,18,20). The summed E-state index contributed by atoms with van der Waals surface area (Å²) in [5.41, 5.74) is -0.629. The molecule has 0 aliphatic carbocycles. The van der Waals surface area contributed by atoms with Crippen molar-refractivity contribution in [2.45, 2.75) is 19.5 Å². The lowest BCUT2D eigenvalue weighted by Crippen LogP contribution is -2.28. The van der Waals surface area contributed by atoms with Crippen molar-refractivity contribution in [3.63, 3.8) is 0 Å². The summed E-state index contributed by atoms with van der Waals surface area (Å²) < 4.78 is 43.3. The van der Waals surface area contributed by atoms with E-state index in [1.807, 2.05) is 0 Å². The summed E-state index contributed by atoms with van der Waals surface area (Å²) in [5, 5.41) is 6.12. The van der Waals surface area contributed by atoms with Gasteiger partial charge < -0.3 is 9.84 Å². The quantitative estimate of drug-likeness (QED) is 0.944. The number of hydrogen-bond donors (Lipinski definition) is 1. The summed E-state index contributed by atoms with van der Waals surface area (Å²) in [7, 11) is 0. The Bertz CT molecular complexity index is 635. The molecule has 0 fully saturated rings. The Hall–Kier alpha value is -2.31. The molecule has 2 rings (SSSR count). The van der Waals surface area contributed by atoms with Gasteiger partial charge in [-0.15, -0.1) is 0 Å². The van der Waals surface area contributed by atoms with Crippen LogP contribution in [0.5, 0.6) is 0 Å². The largest absolute Gasteiger partial charge is 0.417 e. The average Bonchev–Trinajstić information content (AvgIpc) is 2.83. The van der Waals surface area contributed by atoms with Crippen LogP contribution in [0.4, 0.5) is 13.2 Å². The molecule has 7 heteroatoms. The molecule has 0 aliphatic heterocycles. The zero-order valence-corrected chi connectivity index (χ0v) is 11.2. The number of carbonyl (C=O) groups is 1. The fourth-order valence-corrected chi connectivity index (χ4v) is 1.86. The van der Waals surface area contributed by atoms with Gasteiger partial charge in [0.05, 0.1) is 16.8 Å². The third-order valence-electron chi connectivity index (χ3n) is 2.81. The Morgan fingerprint density at radius 1 is 1.33 bits per heavy atom. The molecule has 0 saturated carbocycles. The first-order valence-electron chi connectivity index (χ1n) is 6.24. The molecule has 0 spiro atoms. The van der Waals surface area contributed by atoms with Crippen LogP contribution in [0, 0.1) is 6.92 Å². The molecule has 0 aliphatic rings. The highest BCUT2D eigenvalue weighted by molar-refractivity contribution is 5.95. The van der Waals surface area contributed by atoms with Crippen molar-refractivity contribution < 1.29 is 22.5 Å². The molecule has 1 aromatic heterocycles. The van der Waals surface area contributed by atoms with Crippen LogP contribution in [0.3, 0.4) is 0 Å². The van der Waals surface area contributed by atoms with Crippen molar-refractivity contribution in [2.75, 3.05) is 6.54 Å². The van der Waals surface area contributed by atoms with Crippen molar-refractivity contribution in [3.05, 3.63) is 52.9 Å². The Morgan fingerprint density at radius 2 is 2.05 bits per heavy atom. The van der Waals surface area contributed by atoms with Gasteiger partial charge in [-0.2, -0.15) is 13.2 Å². The lowest BCUT2D eigenvalue weighted by molar-refractivity contribution is -0.137. The maximum atomic E-state index is 12.8. The SMILES string of the molecule is Cc1cc(CCNC(=O)c2ccccc2C(F)(F)F)on1. The molecule has 1 aromatic carbocycles. The predicted molar refractivity (Wildman–Crippen MR) is 68.7 cm³/mol. The van der Waals surface area contributed by atoms with E-state index in [0.717, 1.165) is 12.1 Å². The van der Waals surface area contributed by atoms with E-state index in [2.05, 4.69) is 10.5 Å². The van der Waals surface area contributed by atoms with E-state index in [0.29, 0.717) is 17.9 Å². The number of alkyl halides is 3. The van der Waals surface area contributed by atoms with E-state index in [4.69, 9.17) is 4.52 Å². The molecule has 1 amide bonds. The van der Waals surface area contributed by atoms with Crippen molar-refractivity contribution in [2.24, 2.45) is 0 Å². The van der Waals surface area contributed by atoms with Crippen LogP contribution in [-0.4, -0.2) is 17.6 Å². The maximum absolute atomic E-state index is 12.8. The minimum Gasteiger partial charge on any atom is -0.361 e. The van der Waals surface area contributed by atoms with Crippen LogP contribution in [0.15, 0.2) is 34.9 Å². The summed E-state index contributed by atoms with van der Waals surface area (Å²) in [4.78, 5) is 11.9. The van der Waals surface area contributed by atoms with Crippen LogP contribution in [0.2, 0.25) is 0 Å². The lowest BCUT2D eigenvalue weighted by atomic mass is 10.1. The van der Waals surface area contributed by atoms with Gasteiger partial charge in [-0.3, -0.25) is 4.79 Å². The number of aryl methyl sites for hydroxylation is 1. The Kier molecular flexibility index (Phi) is 4.30. The molecule has 1 N–H and O–H groups in total. The zero-order valence-electron chi connectivity index (χ0n) is 11.2. The monoisotopic (exact) mass is 298 g/mol. The second-order valence-electron chi connectivity index (χ2n) is 4.48. The van der Waals surface area contributed by atoms with Gasteiger partial charge in [0.1, 0.15) is 5.76 Å². The number of halogens is 3. The van der Waals surface area contributed by atoms with E-state index in [1.54, 1.807) is 13.0 Å². The molecular formula is C14H13F3N2O2. The minimum absolute atomic E-state index is 0.166. The first-order chi connectivity index (χ1) is 9.88. The molecule has 1 heterocycles. The summed E-state index contributed by atoms with van der Waals surface area (Å²) in [6, 6.07) is 6.38. The number of amides is 1. The molecule has 0 saturated heterocycles. The third kappa shape index (κ3) is 3.84. The summed E-state index contributed by atoms with van der Waals surface area (Å²) >= 11 is 0. The molecule has 0 bridgehead atoms.